The lowest BCUT2D eigenvalue weighted by molar-refractivity contribution is 0.333. The fourth-order valence-electron chi connectivity index (χ4n) is 1.90. The average Bonchev–Trinajstić information content (AvgIpc) is 2.43. The van der Waals surface area contributed by atoms with E-state index in [1.807, 2.05) is 41.8 Å². The molecule has 0 saturated heterocycles. The van der Waals surface area contributed by atoms with Crippen LogP contribution in [0.15, 0.2) is 47.4 Å². The normalized spacial score (nSPS) is 10.4. The van der Waals surface area contributed by atoms with Gasteiger partial charge in [-0.15, -0.1) is 11.6 Å². The molecular weight excluding hydrogens is 262 g/mol. The molecule has 0 fully saturated rings. The Morgan fingerprint density at radius 3 is 2.63 bits per heavy atom. The Hall–Kier alpha value is -1.74. The number of pyridine rings is 1. The lowest BCUT2D eigenvalue weighted by atomic mass is 10.2. The molecule has 0 radical (unpaired) electrons. The molecule has 0 amide bonds. The molecule has 0 aliphatic rings. The van der Waals surface area contributed by atoms with Crippen molar-refractivity contribution in [1.29, 1.82) is 0 Å². The van der Waals surface area contributed by atoms with E-state index in [-0.39, 0.29) is 5.43 Å². The largest absolute Gasteiger partial charge is 0.488 e. The quantitative estimate of drug-likeness (QED) is 0.787. The number of halogens is 1. The summed E-state index contributed by atoms with van der Waals surface area (Å²) in [4.78, 5) is 11.8. The second-order valence-electron chi connectivity index (χ2n) is 4.17. The Morgan fingerprint density at radius 1 is 1.26 bits per heavy atom. The van der Waals surface area contributed by atoms with E-state index < -0.39 is 0 Å². The van der Waals surface area contributed by atoms with E-state index in [4.69, 9.17) is 16.3 Å². The standard InChI is InChI=1S/C15H16ClNO2/c1-2-19-15-11-17(13(9-16)8-14(15)18)10-12-6-4-3-5-7-12/h3-8,11H,2,9-10H2,1H3. The van der Waals surface area contributed by atoms with Gasteiger partial charge in [-0.25, -0.2) is 0 Å². The van der Waals surface area contributed by atoms with Gasteiger partial charge in [-0.2, -0.15) is 0 Å². The van der Waals surface area contributed by atoms with Gasteiger partial charge in [0.2, 0.25) is 5.43 Å². The molecule has 4 heteroatoms. The summed E-state index contributed by atoms with van der Waals surface area (Å²) in [6, 6.07) is 11.6. The summed E-state index contributed by atoms with van der Waals surface area (Å²) >= 11 is 5.90. The predicted octanol–water partition coefficient (Wildman–Crippen LogP) is 3.03. The highest BCUT2D eigenvalue weighted by atomic mass is 35.5. The van der Waals surface area contributed by atoms with E-state index >= 15 is 0 Å². The van der Waals surface area contributed by atoms with Gasteiger partial charge >= 0.3 is 0 Å². The number of hydrogen-bond acceptors (Lipinski definition) is 2. The van der Waals surface area contributed by atoms with Gasteiger partial charge in [0, 0.05) is 18.3 Å². The monoisotopic (exact) mass is 277 g/mol. The number of alkyl halides is 1. The molecule has 0 unspecified atom stereocenters. The molecule has 1 aromatic heterocycles. The second kappa shape index (κ2) is 6.43. The van der Waals surface area contributed by atoms with Crippen LogP contribution in [0.2, 0.25) is 0 Å². The van der Waals surface area contributed by atoms with Crippen molar-refractivity contribution in [3.8, 4) is 5.75 Å². The number of benzene rings is 1. The van der Waals surface area contributed by atoms with E-state index in [1.165, 1.54) is 0 Å². The van der Waals surface area contributed by atoms with Crippen molar-refractivity contribution < 1.29 is 4.74 Å². The van der Waals surface area contributed by atoms with Crippen LogP contribution >= 0.6 is 11.6 Å². The zero-order valence-corrected chi connectivity index (χ0v) is 11.6. The van der Waals surface area contributed by atoms with Gasteiger partial charge in [0.1, 0.15) is 0 Å². The van der Waals surface area contributed by atoms with Crippen LogP contribution in [-0.4, -0.2) is 11.2 Å². The van der Waals surface area contributed by atoms with Crippen LogP contribution in [-0.2, 0) is 12.4 Å². The molecule has 2 rings (SSSR count). The summed E-state index contributed by atoms with van der Waals surface area (Å²) in [7, 11) is 0. The second-order valence-corrected chi connectivity index (χ2v) is 4.44. The van der Waals surface area contributed by atoms with Crippen molar-refractivity contribution in [1.82, 2.24) is 4.57 Å². The molecule has 1 aromatic carbocycles. The van der Waals surface area contributed by atoms with Crippen molar-refractivity contribution in [2.45, 2.75) is 19.3 Å². The highest BCUT2D eigenvalue weighted by Gasteiger charge is 2.07. The third-order valence-corrected chi connectivity index (χ3v) is 3.09. The first kappa shape index (κ1) is 13.7. The van der Waals surface area contributed by atoms with Crippen LogP contribution in [0, 0.1) is 0 Å². The number of rotatable bonds is 5. The Morgan fingerprint density at radius 2 is 2.00 bits per heavy atom. The molecule has 0 spiro atoms. The zero-order chi connectivity index (χ0) is 13.7. The van der Waals surface area contributed by atoms with Crippen LogP contribution in [0.25, 0.3) is 0 Å². The topological polar surface area (TPSA) is 31.2 Å². The molecule has 0 bridgehead atoms. The summed E-state index contributed by atoms with van der Waals surface area (Å²) in [5.74, 6) is 0.668. The number of hydrogen-bond donors (Lipinski definition) is 0. The molecule has 0 aliphatic carbocycles. The van der Waals surface area contributed by atoms with E-state index in [0.29, 0.717) is 24.8 Å². The summed E-state index contributed by atoms with van der Waals surface area (Å²) in [6.45, 7) is 3.00. The predicted molar refractivity (Wildman–Crippen MR) is 77.0 cm³/mol. The van der Waals surface area contributed by atoms with Crippen molar-refractivity contribution >= 4 is 11.6 Å². The Bertz CT molecular complexity index is 593. The van der Waals surface area contributed by atoms with Crippen LogP contribution in [0.4, 0.5) is 0 Å². The molecule has 3 nitrogen and oxygen atoms in total. The zero-order valence-electron chi connectivity index (χ0n) is 10.8. The minimum Gasteiger partial charge on any atom is -0.488 e. The first-order chi connectivity index (χ1) is 9.24. The van der Waals surface area contributed by atoms with Crippen LogP contribution in [0.3, 0.4) is 0 Å². The Kier molecular flexibility index (Phi) is 4.63. The number of ether oxygens (including phenoxy) is 1. The minimum atomic E-state index is -0.123. The summed E-state index contributed by atoms with van der Waals surface area (Å²) in [6.07, 6.45) is 1.73. The molecule has 0 aliphatic heterocycles. The fourth-order valence-corrected chi connectivity index (χ4v) is 2.13. The van der Waals surface area contributed by atoms with Gasteiger partial charge in [-0.05, 0) is 12.5 Å². The van der Waals surface area contributed by atoms with E-state index in [2.05, 4.69) is 0 Å². The van der Waals surface area contributed by atoms with Gasteiger partial charge in [0.05, 0.1) is 18.7 Å². The van der Waals surface area contributed by atoms with Crippen molar-refractivity contribution in [2.24, 2.45) is 0 Å². The first-order valence-electron chi connectivity index (χ1n) is 6.20. The number of aromatic nitrogens is 1. The van der Waals surface area contributed by atoms with Crippen LogP contribution < -0.4 is 10.2 Å². The third-order valence-electron chi connectivity index (χ3n) is 2.82. The highest BCUT2D eigenvalue weighted by molar-refractivity contribution is 6.16. The van der Waals surface area contributed by atoms with E-state index in [0.717, 1.165) is 11.3 Å². The van der Waals surface area contributed by atoms with Crippen molar-refractivity contribution in [3.63, 3.8) is 0 Å². The highest BCUT2D eigenvalue weighted by Crippen LogP contribution is 2.12. The number of nitrogens with zero attached hydrogens (tertiary/aromatic N) is 1. The minimum absolute atomic E-state index is 0.123. The summed E-state index contributed by atoms with van der Waals surface area (Å²) < 4.78 is 7.29. The van der Waals surface area contributed by atoms with Gasteiger partial charge in [-0.1, -0.05) is 30.3 Å². The fraction of sp³-hybridized carbons (Fsp3) is 0.267. The van der Waals surface area contributed by atoms with E-state index in [1.54, 1.807) is 12.3 Å². The third kappa shape index (κ3) is 3.38. The van der Waals surface area contributed by atoms with Gasteiger partial charge in [0.25, 0.3) is 0 Å². The van der Waals surface area contributed by atoms with Gasteiger partial charge in [0.15, 0.2) is 5.75 Å². The van der Waals surface area contributed by atoms with Crippen LogP contribution in [0.5, 0.6) is 5.75 Å². The molecule has 2 aromatic rings. The molecule has 0 saturated carbocycles. The van der Waals surface area contributed by atoms with Gasteiger partial charge < -0.3 is 9.30 Å². The Labute approximate surface area is 117 Å². The van der Waals surface area contributed by atoms with Gasteiger partial charge in [-0.3, -0.25) is 4.79 Å². The van der Waals surface area contributed by atoms with Crippen molar-refractivity contribution in [2.75, 3.05) is 6.61 Å². The summed E-state index contributed by atoms with van der Waals surface area (Å²) in [5.41, 5.74) is 1.82. The average molecular weight is 278 g/mol. The molecule has 1 heterocycles. The van der Waals surface area contributed by atoms with Crippen molar-refractivity contribution in [3.05, 3.63) is 64.1 Å². The Balaban J connectivity index is 2.37. The maximum absolute atomic E-state index is 11.8. The maximum Gasteiger partial charge on any atom is 0.223 e. The van der Waals surface area contributed by atoms with Crippen LogP contribution in [0.1, 0.15) is 18.2 Å². The summed E-state index contributed by atoms with van der Waals surface area (Å²) in [5, 5.41) is 0. The molecule has 19 heavy (non-hydrogen) atoms. The smallest absolute Gasteiger partial charge is 0.223 e. The lowest BCUT2D eigenvalue weighted by Crippen LogP contribution is -2.15. The first-order valence-corrected chi connectivity index (χ1v) is 6.74. The molecule has 0 N–H and O–H groups in total. The maximum atomic E-state index is 11.8. The van der Waals surface area contributed by atoms with E-state index in [9.17, 15) is 4.79 Å². The SMILES string of the molecule is CCOc1cn(Cc2ccccc2)c(CCl)cc1=O. The molecule has 0 atom stereocenters. The lowest BCUT2D eigenvalue weighted by Gasteiger charge is -2.14. The molecule has 100 valence electrons. The molecular formula is C15H16ClNO2.